The van der Waals surface area contributed by atoms with Gasteiger partial charge in [0.15, 0.2) is 11.6 Å². The highest BCUT2D eigenvalue weighted by Crippen LogP contribution is 2.29. The van der Waals surface area contributed by atoms with Gasteiger partial charge in [0.1, 0.15) is 4.21 Å². The maximum Gasteiger partial charge on any atom is 0.272 e. The Morgan fingerprint density at radius 1 is 1.33 bits per heavy atom. The molecular weight excluding hydrogens is 296 g/mol. The Bertz CT molecular complexity index is 682. The second-order valence-corrected chi connectivity index (χ2v) is 7.11. The van der Waals surface area contributed by atoms with E-state index in [9.17, 15) is 13.5 Å². The average Bonchev–Trinajstić information content (AvgIpc) is 2.71. The number of rotatable bonds is 3. The third kappa shape index (κ3) is 2.74. The van der Waals surface area contributed by atoms with Crippen molar-refractivity contribution in [1.82, 2.24) is 4.98 Å². The molecule has 2 aromatic heterocycles. The van der Waals surface area contributed by atoms with E-state index in [-0.39, 0.29) is 15.8 Å². The molecule has 0 bridgehead atoms. The van der Waals surface area contributed by atoms with Gasteiger partial charge < -0.3 is 5.11 Å². The average molecular weight is 305 g/mol. The minimum absolute atomic E-state index is 0.0650. The predicted octanol–water partition coefficient (Wildman–Crippen LogP) is 2.61. The van der Waals surface area contributed by atoms with Crippen LogP contribution in [0.2, 0.25) is 4.34 Å². The molecule has 8 heteroatoms. The number of hydrogen-bond donors (Lipinski definition) is 2. The Morgan fingerprint density at radius 3 is 2.67 bits per heavy atom. The van der Waals surface area contributed by atoms with E-state index < -0.39 is 10.0 Å². The number of nitrogens with one attached hydrogen (secondary N) is 1. The third-order valence-corrected chi connectivity index (χ3v) is 5.12. The summed E-state index contributed by atoms with van der Waals surface area (Å²) in [5, 5.41) is 9.54. The molecule has 0 saturated heterocycles. The number of aryl methyl sites for hydroxylation is 1. The van der Waals surface area contributed by atoms with Crippen molar-refractivity contribution in [3.05, 3.63) is 34.3 Å². The molecule has 2 aromatic rings. The Labute approximate surface area is 113 Å². The van der Waals surface area contributed by atoms with E-state index in [1.807, 2.05) is 0 Å². The van der Waals surface area contributed by atoms with Crippen molar-refractivity contribution in [3.63, 3.8) is 0 Å². The number of anilines is 1. The molecule has 5 nitrogen and oxygen atoms in total. The van der Waals surface area contributed by atoms with E-state index in [2.05, 4.69) is 9.71 Å². The maximum atomic E-state index is 12.0. The van der Waals surface area contributed by atoms with Gasteiger partial charge in [-0.1, -0.05) is 11.6 Å². The number of aromatic nitrogens is 1. The molecule has 0 amide bonds. The maximum absolute atomic E-state index is 12.0. The smallest absolute Gasteiger partial charge is 0.272 e. The summed E-state index contributed by atoms with van der Waals surface area (Å²) in [6.45, 7) is 1.69. The van der Waals surface area contributed by atoms with Crippen molar-refractivity contribution < 1.29 is 13.5 Å². The summed E-state index contributed by atoms with van der Waals surface area (Å²) in [4.78, 5) is 3.92. The third-order valence-electron chi connectivity index (χ3n) is 2.06. The number of sulfonamides is 1. The molecule has 96 valence electrons. The van der Waals surface area contributed by atoms with Gasteiger partial charge in [-0.3, -0.25) is 4.72 Å². The van der Waals surface area contributed by atoms with E-state index in [0.717, 1.165) is 11.3 Å². The predicted molar refractivity (Wildman–Crippen MR) is 70.8 cm³/mol. The quantitative estimate of drug-likeness (QED) is 0.913. The van der Waals surface area contributed by atoms with Crippen LogP contribution in [0, 0.1) is 6.92 Å². The van der Waals surface area contributed by atoms with Crippen LogP contribution in [-0.2, 0) is 10.0 Å². The van der Waals surface area contributed by atoms with Gasteiger partial charge in [0.2, 0.25) is 0 Å². The van der Waals surface area contributed by atoms with E-state index in [1.54, 1.807) is 13.0 Å². The zero-order valence-corrected chi connectivity index (χ0v) is 11.6. The van der Waals surface area contributed by atoms with Crippen LogP contribution in [-0.4, -0.2) is 18.5 Å². The van der Waals surface area contributed by atoms with E-state index in [1.165, 1.54) is 18.2 Å². The molecule has 0 atom stereocenters. The second-order valence-electron chi connectivity index (χ2n) is 3.48. The van der Waals surface area contributed by atoms with Crippen LogP contribution in [0.4, 0.5) is 5.82 Å². The van der Waals surface area contributed by atoms with Gasteiger partial charge in [0, 0.05) is 5.69 Å². The zero-order valence-electron chi connectivity index (χ0n) is 9.21. The summed E-state index contributed by atoms with van der Waals surface area (Å²) in [5.41, 5.74) is 0.592. The van der Waals surface area contributed by atoms with Gasteiger partial charge in [0.05, 0.1) is 4.34 Å². The van der Waals surface area contributed by atoms with Gasteiger partial charge in [-0.05, 0) is 31.2 Å². The fourth-order valence-corrected chi connectivity index (χ4v) is 3.74. The van der Waals surface area contributed by atoms with Crippen LogP contribution < -0.4 is 4.72 Å². The highest BCUT2D eigenvalue weighted by atomic mass is 35.5. The first-order valence-corrected chi connectivity index (χ1v) is 7.51. The van der Waals surface area contributed by atoms with Gasteiger partial charge in [0.25, 0.3) is 10.0 Å². The zero-order chi connectivity index (χ0) is 13.3. The second kappa shape index (κ2) is 4.75. The molecule has 0 spiro atoms. The Morgan fingerprint density at radius 2 is 2.06 bits per heavy atom. The Kier molecular flexibility index (Phi) is 3.47. The molecule has 0 aliphatic heterocycles. The van der Waals surface area contributed by atoms with Gasteiger partial charge in [-0.25, -0.2) is 13.4 Å². The molecule has 0 radical (unpaired) electrons. The van der Waals surface area contributed by atoms with Gasteiger partial charge in [-0.2, -0.15) is 0 Å². The highest BCUT2D eigenvalue weighted by molar-refractivity contribution is 7.94. The lowest BCUT2D eigenvalue weighted by Crippen LogP contribution is -2.12. The fourth-order valence-electron chi connectivity index (χ4n) is 1.24. The minimum atomic E-state index is -3.77. The molecule has 2 N–H and O–H groups in total. The van der Waals surface area contributed by atoms with E-state index in [0.29, 0.717) is 10.0 Å². The standard InChI is InChI=1S/C10H9ClN2O3S2/c1-6-2-3-7(14)10(12-6)13-18(15,16)9-5-4-8(11)17-9/h2-5,14H,1H3,(H,12,13). The molecule has 2 rings (SSSR count). The summed E-state index contributed by atoms with van der Waals surface area (Å²) in [7, 11) is -3.77. The lowest BCUT2D eigenvalue weighted by molar-refractivity contribution is 0.475. The Balaban J connectivity index is 2.36. The summed E-state index contributed by atoms with van der Waals surface area (Å²) in [6.07, 6.45) is 0. The normalized spacial score (nSPS) is 11.4. The summed E-state index contributed by atoms with van der Waals surface area (Å²) in [5.74, 6) is -0.327. The lowest BCUT2D eigenvalue weighted by atomic mass is 10.3. The van der Waals surface area contributed by atoms with Crippen LogP contribution >= 0.6 is 22.9 Å². The first-order valence-electron chi connectivity index (χ1n) is 4.83. The molecule has 0 aliphatic carbocycles. The van der Waals surface area contributed by atoms with Crippen LogP contribution in [0.1, 0.15) is 5.69 Å². The van der Waals surface area contributed by atoms with Crippen LogP contribution in [0.25, 0.3) is 0 Å². The van der Waals surface area contributed by atoms with E-state index in [4.69, 9.17) is 11.6 Å². The topological polar surface area (TPSA) is 79.3 Å². The summed E-state index contributed by atoms with van der Waals surface area (Å²) in [6, 6.07) is 5.84. The molecule has 18 heavy (non-hydrogen) atoms. The lowest BCUT2D eigenvalue weighted by Gasteiger charge is -2.07. The van der Waals surface area contributed by atoms with Crippen molar-refractivity contribution in [1.29, 1.82) is 0 Å². The molecular formula is C10H9ClN2O3S2. The van der Waals surface area contributed by atoms with Crippen molar-refractivity contribution in [3.8, 4) is 5.75 Å². The van der Waals surface area contributed by atoms with Crippen molar-refractivity contribution in [2.75, 3.05) is 4.72 Å². The van der Waals surface area contributed by atoms with Crippen LogP contribution in [0.3, 0.4) is 0 Å². The van der Waals surface area contributed by atoms with Crippen LogP contribution in [0.5, 0.6) is 5.75 Å². The van der Waals surface area contributed by atoms with Crippen molar-refractivity contribution >= 4 is 38.8 Å². The molecule has 0 aromatic carbocycles. The van der Waals surface area contributed by atoms with E-state index >= 15 is 0 Å². The summed E-state index contributed by atoms with van der Waals surface area (Å²) < 4.78 is 26.6. The van der Waals surface area contributed by atoms with Gasteiger partial charge >= 0.3 is 0 Å². The highest BCUT2D eigenvalue weighted by Gasteiger charge is 2.19. The first kappa shape index (κ1) is 13.1. The fraction of sp³-hybridized carbons (Fsp3) is 0.100. The number of nitrogens with zero attached hydrogens (tertiary/aromatic N) is 1. The Hall–Kier alpha value is -1.31. The molecule has 0 unspecified atom stereocenters. The molecule has 0 fully saturated rings. The molecule has 0 saturated carbocycles. The largest absolute Gasteiger partial charge is 0.504 e. The number of pyridine rings is 1. The van der Waals surface area contributed by atoms with Gasteiger partial charge in [-0.15, -0.1) is 11.3 Å². The molecule has 0 aliphatic rings. The van der Waals surface area contributed by atoms with Crippen LogP contribution in [0.15, 0.2) is 28.5 Å². The summed E-state index contributed by atoms with van der Waals surface area (Å²) >= 11 is 6.62. The van der Waals surface area contributed by atoms with Crippen molar-refractivity contribution in [2.24, 2.45) is 0 Å². The number of hydrogen-bond acceptors (Lipinski definition) is 5. The minimum Gasteiger partial charge on any atom is -0.504 e. The molecule has 2 heterocycles. The monoisotopic (exact) mass is 304 g/mol. The number of aromatic hydroxyl groups is 1. The number of thiophene rings is 1. The SMILES string of the molecule is Cc1ccc(O)c(NS(=O)(=O)c2ccc(Cl)s2)n1. The van der Waals surface area contributed by atoms with Crippen molar-refractivity contribution in [2.45, 2.75) is 11.1 Å². The number of halogens is 1. The first-order chi connectivity index (χ1) is 8.38.